The molecule has 0 aromatic heterocycles. The molecule has 1 aromatic rings. The van der Waals surface area contributed by atoms with Crippen LogP contribution in [-0.2, 0) is 5.41 Å². The molecule has 0 atom stereocenters. The van der Waals surface area contributed by atoms with Crippen LogP contribution in [0.4, 0.5) is 0 Å². The Morgan fingerprint density at radius 1 is 0.923 bits per heavy atom. The van der Waals surface area contributed by atoms with Crippen molar-refractivity contribution in [2.75, 3.05) is 0 Å². The monoisotopic (exact) mass is 178 g/mol. The maximum Gasteiger partial charge on any atom is -0.0127 e. The Morgan fingerprint density at radius 3 is 1.54 bits per heavy atom. The molecule has 0 heteroatoms. The molecule has 0 aliphatic rings. The van der Waals surface area contributed by atoms with Crippen molar-refractivity contribution in [2.24, 2.45) is 0 Å². The predicted octanol–water partition coefficient (Wildman–Crippen LogP) is 4.24. The van der Waals surface area contributed by atoms with Crippen molar-refractivity contribution in [3.63, 3.8) is 0 Å². The van der Waals surface area contributed by atoms with Gasteiger partial charge in [-0.15, -0.1) is 0 Å². The van der Waals surface area contributed by atoms with E-state index in [1.165, 1.54) is 16.7 Å². The summed E-state index contributed by atoms with van der Waals surface area (Å²) in [4.78, 5) is 0. The standard InChI is InChI=1S/C12H18.CH4/c1-9-7-6-8-10(2)11(9)12(3,4)5;/h6-8H,1-5H3;1H4. The minimum atomic E-state index is 0. The summed E-state index contributed by atoms with van der Waals surface area (Å²) in [5.41, 5.74) is 4.57. The van der Waals surface area contributed by atoms with Crippen LogP contribution in [0.2, 0.25) is 0 Å². The molecule has 0 aliphatic carbocycles. The molecular weight excluding hydrogens is 156 g/mol. The van der Waals surface area contributed by atoms with Gasteiger partial charge in [0, 0.05) is 0 Å². The third kappa shape index (κ3) is 2.58. The lowest BCUT2D eigenvalue weighted by Crippen LogP contribution is -2.14. The van der Waals surface area contributed by atoms with E-state index < -0.39 is 0 Å². The minimum absolute atomic E-state index is 0. The molecule has 0 N–H and O–H groups in total. The van der Waals surface area contributed by atoms with Gasteiger partial charge in [-0.05, 0) is 36.0 Å². The second-order valence-corrected chi connectivity index (χ2v) is 4.52. The Morgan fingerprint density at radius 2 is 1.31 bits per heavy atom. The zero-order chi connectivity index (χ0) is 9.35. The Balaban J connectivity index is 0.00000144. The summed E-state index contributed by atoms with van der Waals surface area (Å²) in [6.07, 6.45) is 0. The summed E-state index contributed by atoms with van der Waals surface area (Å²) < 4.78 is 0. The van der Waals surface area contributed by atoms with E-state index in [1.807, 2.05) is 0 Å². The fourth-order valence-corrected chi connectivity index (χ4v) is 2.00. The van der Waals surface area contributed by atoms with Crippen LogP contribution in [0.5, 0.6) is 0 Å². The first-order valence-corrected chi connectivity index (χ1v) is 4.49. The number of benzene rings is 1. The fraction of sp³-hybridized carbons (Fsp3) is 0.538. The lowest BCUT2D eigenvalue weighted by Gasteiger charge is -2.23. The normalized spacial score (nSPS) is 10.8. The average molecular weight is 178 g/mol. The molecule has 0 unspecified atom stereocenters. The molecule has 0 saturated carbocycles. The first-order valence-electron chi connectivity index (χ1n) is 4.49. The quantitative estimate of drug-likeness (QED) is 0.557. The predicted molar refractivity (Wildman–Crippen MR) is 61.3 cm³/mol. The van der Waals surface area contributed by atoms with Gasteiger partial charge in [0.25, 0.3) is 0 Å². The molecule has 0 amide bonds. The minimum Gasteiger partial charge on any atom is -0.0776 e. The topological polar surface area (TPSA) is 0 Å². The third-order valence-electron chi connectivity index (χ3n) is 2.23. The van der Waals surface area contributed by atoms with Crippen LogP contribution in [0.3, 0.4) is 0 Å². The van der Waals surface area contributed by atoms with Gasteiger partial charge in [-0.25, -0.2) is 0 Å². The highest BCUT2D eigenvalue weighted by molar-refractivity contribution is 5.38. The molecule has 13 heavy (non-hydrogen) atoms. The highest BCUT2D eigenvalue weighted by Gasteiger charge is 2.17. The molecule has 74 valence electrons. The highest BCUT2D eigenvalue weighted by atomic mass is 14.2. The zero-order valence-corrected chi connectivity index (χ0v) is 8.73. The van der Waals surface area contributed by atoms with E-state index in [-0.39, 0.29) is 12.8 Å². The molecule has 0 heterocycles. The summed E-state index contributed by atoms with van der Waals surface area (Å²) >= 11 is 0. The molecule has 0 bridgehead atoms. The lowest BCUT2D eigenvalue weighted by atomic mass is 9.81. The molecule has 0 fully saturated rings. The summed E-state index contributed by atoms with van der Waals surface area (Å²) in [5, 5.41) is 0. The fourth-order valence-electron chi connectivity index (χ4n) is 2.00. The van der Waals surface area contributed by atoms with Crippen LogP contribution in [0.25, 0.3) is 0 Å². The van der Waals surface area contributed by atoms with Crippen LogP contribution in [0.1, 0.15) is 44.9 Å². The van der Waals surface area contributed by atoms with E-state index in [2.05, 4.69) is 52.8 Å². The van der Waals surface area contributed by atoms with Gasteiger partial charge in [-0.3, -0.25) is 0 Å². The Hall–Kier alpha value is -0.780. The average Bonchev–Trinajstić information content (AvgIpc) is 1.82. The second-order valence-electron chi connectivity index (χ2n) is 4.52. The van der Waals surface area contributed by atoms with E-state index in [0.29, 0.717) is 0 Å². The summed E-state index contributed by atoms with van der Waals surface area (Å²) in [6, 6.07) is 6.50. The van der Waals surface area contributed by atoms with Crippen LogP contribution >= 0.6 is 0 Å². The lowest BCUT2D eigenvalue weighted by molar-refractivity contribution is 0.582. The molecule has 0 nitrogen and oxygen atoms in total. The second kappa shape index (κ2) is 3.95. The third-order valence-corrected chi connectivity index (χ3v) is 2.23. The van der Waals surface area contributed by atoms with Crippen LogP contribution < -0.4 is 0 Å². The first kappa shape index (κ1) is 12.2. The molecule has 0 aliphatic heterocycles. The van der Waals surface area contributed by atoms with Gasteiger partial charge in [-0.2, -0.15) is 0 Å². The van der Waals surface area contributed by atoms with Gasteiger partial charge in [0.1, 0.15) is 0 Å². The zero-order valence-electron chi connectivity index (χ0n) is 8.73. The van der Waals surface area contributed by atoms with Crippen LogP contribution in [0, 0.1) is 13.8 Å². The number of aryl methyl sites for hydroxylation is 2. The van der Waals surface area contributed by atoms with Gasteiger partial charge >= 0.3 is 0 Å². The maximum absolute atomic E-state index is 2.27. The van der Waals surface area contributed by atoms with Crippen molar-refractivity contribution in [2.45, 2.75) is 47.5 Å². The van der Waals surface area contributed by atoms with Crippen molar-refractivity contribution >= 4 is 0 Å². The summed E-state index contributed by atoms with van der Waals surface area (Å²) in [5.74, 6) is 0. The Bertz CT molecular complexity index is 256. The van der Waals surface area contributed by atoms with E-state index in [4.69, 9.17) is 0 Å². The van der Waals surface area contributed by atoms with E-state index in [0.717, 1.165) is 0 Å². The van der Waals surface area contributed by atoms with E-state index >= 15 is 0 Å². The SMILES string of the molecule is C.Cc1cccc(C)c1C(C)(C)C. The van der Waals surface area contributed by atoms with Crippen molar-refractivity contribution in [1.29, 1.82) is 0 Å². The van der Waals surface area contributed by atoms with Gasteiger partial charge in [-0.1, -0.05) is 46.4 Å². The molecule has 1 aromatic carbocycles. The molecular formula is C13H22. The smallest absolute Gasteiger partial charge is 0.0127 e. The molecule has 0 spiro atoms. The molecule has 1 rings (SSSR count). The summed E-state index contributed by atoms with van der Waals surface area (Å²) in [7, 11) is 0. The largest absolute Gasteiger partial charge is 0.0776 e. The van der Waals surface area contributed by atoms with Crippen molar-refractivity contribution < 1.29 is 0 Å². The Labute approximate surface area is 83.0 Å². The van der Waals surface area contributed by atoms with Gasteiger partial charge < -0.3 is 0 Å². The maximum atomic E-state index is 2.27. The van der Waals surface area contributed by atoms with Crippen molar-refractivity contribution in [3.8, 4) is 0 Å². The van der Waals surface area contributed by atoms with Crippen LogP contribution in [0.15, 0.2) is 18.2 Å². The molecule has 0 radical (unpaired) electrons. The van der Waals surface area contributed by atoms with Gasteiger partial charge in [0.15, 0.2) is 0 Å². The van der Waals surface area contributed by atoms with E-state index in [1.54, 1.807) is 0 Å². The molecule has 0 saturated heterocycles. The van der Waals surface area contributed by atoms with Gasteiger partial charge in [0.2, 0.25) is 0 Å². The van der Waals surface area contributed by atoms with Crippen molar-refractivity contribution in [3.05, 3.63) is 34.9 Å². The van der Waals surface area contributed by atoms with E-state index in [9.17, 15) is 0 Å². The highest BCUT2D eigenvalue weighted by Crippen LogP contribution is 2.28. The number of rotatable bonds is 0. The summed E-state index contributed by atoms with van der Waals surface area (Å²) in [6.45, 7) is 11.2. The number of hydrogen-bond donors (Lipinski definition) is 0. The van der Waals surface area contributed by atoms with Gasteiger partial charge in [0.05, 0.1) is 0 Å². The number of hydrogen-bond acceptors (Lipinski definition) is 0. The van der Waals surface area contributed by atoms with Crippen LogP contribution in [-0.4, -0.2) is 0 Å². The first-order chi connectivity index (χ1) is 5.43. The Kier molecular flexibility index (Phi) is 3.71. The van der Waals surface area contributed by atoms with Crippen molar-refractivity contribution in [1.82, 2.24) is 0 Å².